The van der Waals surface area contributed by atoms with Gasteiger partial charge in [-0.15, -0.1) is 0 Å². The average molecular weight is 393 g/mol. The van der Waals surface area contributed by atoms with Crippen LogP contribution in [0.5, 0.6) is 5.75 Å². The third-order valence-electron chi connectivity index (χ3n) is 4.44. The first kappa shape index (κ1) is 21.6. The van der Waals surface area contributed by atoms with Crippen LogP contribution in [0, 0.1) is 0 Å². The van der Waals surface area contributed by atoms with Gasteiger partial charge in [0.1, 0.15) is 11.9 Å². The summed E-state index contributed by atoms with van der Waals surface area (Å²) in [5, 5.41) is 7.53. The molecule has 1 aliphatic rings. The lowest BCUT2D eigenvalue weighted by Crippen LogP contribution is -2.49. The van der Waals surface area contributed by atoms with Gasteiger partial charge in [0.25, 0.3) is 0 Å². The average Bonchev–Trinajstić information content (AvgIpc) is 2.63. The van der Waals surface area contributed by atoms with E-state index in [1.165, 1.54) is 5.57 Å². The number of aliphatic imine (C=N–C) groups is 1. The van der Waals surface area contributed by atoms with Crippen LogP contribution >= 0.6 is 11.6 Å². The molecule has 1 aromatic carbocycles. The van der Waals surface area contributed by atoms with Crippen LogP contribution in [0.25, 0.3) is 0 Å². The smallest absolute Gasteiger partial charge is 0.191 e. The first-order valence-corrected chi connectivity index (χ1v) is 10.2. The molecule has 1 fully saturated rings. The van der Waals surface area contributed by atoms with E-state index in [0.717, 1.165) is 45.0 Å². The SMILES string of the molecule is C=C(C)CN1CCC(NC(=NCC(C)Oc2ccccc2Cl)NCC)CC1. The van der Waals surface area contributed by atoms with Gasteiger partial charge in [-0.3, -0.25) is 4.90 Å². The van der Waals surface area contributed by atoms with Crippen LogP contribution in [-0.4, -0.2) is 55.7 Å². The largest absolute Gasteiger partial charge is 0.487 e. The lowest BCUT2D eigenvalue weighted by atomic mass is 10.0. The normalized spacial score (nSPS) is 17.4. The van der Waals surface area contributed by atoms with Crippen molar-refractivity contribution in [1.82, 2.24) is 15.5 Å². The Bertz CT molecular complexity index is 626. The number of nitrogens with zero attached hydrogens (tertiary/aromatic N) is 2. The third-order valence-corrected chi connectivity index (χ3v) is 4.75. The zero-order chi connectivity index (χ0) is 19.6. The molecule has 0 spiro atoms. The van der Waals surface area contributed by atoms with Gasteiger partial charge in [-0.1, -0.05) is 35.9 Å². The Morgan fingerprint density at radius 1 is 1.37 bits per heavy atom. The lowest BCUT2D eigenvalue weighted by molar-refractivity contribution is 0.220. The first-order chi connectivity index (χ1) is 13.0. The van der Waals surface area contributed by atoms with Crippen LogP contribution in [-0.2, 0) is 0 Å². The van der Waals surface area contributed by atoms with Crippen LogP contribution in [0.2, 0.25) is 5.02 Å². The van der Waals surface area contributed by atoms with E-state index in [-0.39, 0.29) is 6.10 Å². The lowest BCUT2D eigenvalue weighted by Gasteiger charge is -2.33. The summed E-state index contributed by atoms with van der Waals surface area (Å²) < 4.78 is 5.91. The maximum Gasteiger partial charge on any atom is 0.191 e. The van der Waals surface area contributed by atoms with Crippen molar-refractivity contribution in [1.29, 1.82) is 0 Å². The molecule has 1 aliphatic heterocycles. The molecule has 0 amide bonds. The van der Waals surface area contributed by atoms with Crippen LogP contribution < -0.4 is 15.4 Å². The summed E-state index contributed by atoms with van der Waals surface area (Å²) in [7, 11) is 0. The van der Waals surface area contributed by atoms with Gasteiger partial charge in [0.05, 0.1) is 11.6 Å². The van der Waals surface area contributed by atoms with Crippen molar-refractivity contribution in [2.45, 2.75) is 45.8 Å². The molecule has 27 heavy (non-hydrogen) atoms. The minimum absolute atomic E-state index is 0.0576. The quantitative estimate of drug-likeness (QED) is 0.402. The van der Waals surface area contributed by atoms with E-state index >= 15 is 0 Å². The number of hydrogen-bond donors (Lipinski definition) is 2. The Morgan fingerprint density at radius 2 is 2.07 bits per heavy atom. The maximum absolute atomic E-state index is 6.16. The summed E-state index contributed by atoms with van der Waals surface area (Å²) in [6.45, 7) is 14.8. The number of rotatable bonds is 8. The molecule has 1 heterocycles. The monoisotopic (exact) mass is 392 g/mol. The number of para-hydroxylation sites is 1. The zero-order valence-corrected chi connectivity index (χ0v) is 17.6. The molecule has 0 bridgehead atoms. The second kappa shape index (κ2) is 11.2. The van der Waals surface area contributed by atoms with Gasteiger partial charge in [-0.25, -0.2) is 4.99 Å². The number of guanidine groups is 1. The van der Waals surface area contributed by atoms with Gasteiger partial charge >= 0.3 is 0 Å². The Labute approximate surface area is 168 Å². The van der Waals surface area contributed by atoms with E-state index in [1.54, 1.807) is 0 Å². The molecular formula is C21H33ClN4O. The van der Waals surface area contributed by atoms with Gasteiger partial charge in [0.2, 0.25) is 0 Å². The maximum atomic E-state index is 6.16. The number of piperidine rings is 1. The van der Waals surface area contributed by atoms with Crippen molar-refractivity contribution >= 4 is 17.6 Å². The van der Waals surface area contributed by atoms with E-state index in [2.05, 4.69) is 36.0 Å². The summed E-state index contributed by atoms with van der Waals surface area (Å²) in [6, 6.07) is 7.98. The van der Waals surface area contributed by atoms with Gasteiger partial charge < -0.3 is 15.4 Å². The van der Waals surface area contributed by atoms with E-state index in [4.69, 9.17) is 21.3 Å². The molecule has 0 aliphatic carbocycles. The van der Waals surface area contributed by atoms with Crippen LogP contribution in [0.3, 0.4) is 0 Å². The number of ether oxygens (including phenoxy) is 1. The Morgan fingerprint density at radius 3 is 2.70 bits per heavy atom. The Kier molecular flexibility index (Phi) is 8.95. The third kappa shape index (κ3) is 7.81. The minimum Gasteiger partial charge on any atom is -0.487 e. The van der Waals surface area contributed by atoms with Crippen molar-refractivity contribution in [3.8, 4) is 5.75 Å². The molecule has 0 aromatic heterocycles. The molecule has 0 saturated carbocycles. The van der Waals surface area contributed by atoms with E-state index in [9.17, 15) is 0 Å². The second-order valence-electron chi connectivity index (χ2n) is 7.23. The fraction of sp³-hybridized carbons (Fsp3) is 0.571. The fourth-order valence-electron chi connectivity index (χ4n) is 3.14. The molecular weight excluding hydrogens is 360 g/mol. The molecule has 6 heteroatoms. The van der Waals surface area contributed by atoms with Gasteiger partial charge in [-0.2, -0.15) is 0 Å². The summed E-state index contributed by atoms with van der Waals surface area (Å²) in [4.78, 5) is 7.16. The van der Waals surface area contributed by atoms with E-state index in [1.807, 2.05) is 31.2 Å². The molecule has 5 nitrogen and oxygen atoms in total. The van der Waals surface area contributed by atoms with Gasteiger partial charge in [0.15, 0.2) is 5.96 Å². The number of hydrogen-bond acceptors (Lipinski definition) is 3. The molecule has 0 radical (unpaired) electrons. The summed E-state index contributed by atoms with van der Waals surface area (Å²) in [5.74, 6) is 1.55. The Balaban J connectivity index is 1.83. The highest BCUT2D eigenvalue weighted by atomic mass is 35.5. The highest BCUT2D eigenvalue weighted by molar-refractivity contribution is 6.32. The van der Waals surface area contributed by atoms with Crippen LogP contribution in [0.1, 0.15) is 33.6 Å². The molecule has 150 valence electrons. The topological polar surface area (TPSA) is 48.9 Å². The zero-order valence-electron chi connectivity index (χ0n) is 16.8. The predicted octanol–water partition coefficient (Wildman–Crippen LogP) is 3.70. The summed E-state index contributed by atoms with van der Waals surface area (Å²) in [6.07, 6.45) is 2.17. The van der Waals surface area contributed by atoms with Crippen molar-refractivity contribution in [3.05, 3.63) is 41.4 Å². The fourth-order valence-corrected chi connectivity index (χ4v) is 3.32. The van der Waals surface area contributed by atoms with Crippen molar-refractivity contribution in [2.75, 3.05) is 32.7 Å². The molecule has 2 N–H and O–H groups in total. The van der Waals surface area contributed by atoms with Crippen molar-refractivity contribution < 1.29 is 4.74 Å². The highest BCUT2D eigenvalue weighted by Gasteiger charge is 2.20. The number of nitrogens with one attached hydrogen (secondary N) is 2. The number of benzene rings is 1. The second-order valence-corrected chi connectivity index (χ2v) is 7.64. The molecule has 1 unspecified atom stereocenters. The number of halogens is 1. The molecule has 1 atom stereocenters. The summed E-state index contributed by atoms with van der Waals surface area (Å²) in [5.41, 5.74) is 1.23. The van der Waals surface area contributed by atoms with Crippen molar-refractivity contribution in [2.24, 2.45) is 4.99 Å². The number of likely N-dealkylation sites (tertiary alicyclic amines) is 1. The Hall–Kier alpha value is -1.72. The predicted molar refractivity (Wildman–Crippen MR) is 115 cm³/mol. The van der Waals surface area contributed by atoms with E-state index < -0.39 is 0 Å². The molecule has 1 aromatic rings. The van der Waals surface area contributed by atoms with E-state index in [0.29, 0.717) is 23.4 Å². The van der Waals surface area contributed by atoms with Crippen LogP contribution in [0.4, 0.5) is 0 Å². The minimum atomic E-state index is -0.0576. The molecule has 1 saturated heterocycles. The van der Waals surface area contributed by atoms with Gasteiger partial charge in [0, 0.05) is 32.2 Å². The van der Waals surface area contributed by atoms with Gasteiger partial charge in [-0.05, 0) is 45.7 Å². The standard InChI is InChI=1S/C21H33ClN4O/c1-5-23-21(25-18-10-12-26(13-11-18)15-16(2)3)24-14-17(4)27-20-9-7-6-8-19(20)22/h6-9,17-18H,2,5,10-15H2,1,3-4H3,(H2,23,24,25). The molecule has 2 rings (SSSR count). The van der Waals surface area contributed by atoms with Crippen LogP contribution in [0.15, 0.2) is 41.4 Å². The summed E-state index contributed by atoms with van der Waals surface area (Å²) >= 11 is 6.16. The first-order valence-electron chi connectivity index (χ1n) is 9.80. The van der Waals surface area contributed by atoms with Crippen molar-refractivity contribution in [3.63, 3.8) is 0 Å². The highest BCUT2D eigenvalue weighted by Crippen LogP contribution is 2.24.